The number of nitrogens with zero attached hydrogens (tertiary/aromatic N) is 2. The van der Waals surface area contributed by atoms with Crippen LogP contribution in [0.1, 0.15) is 18.4 Å². The zero-order valence-corrected chi connectivity index (χ0v) is 11.2. The number of halogens is 1. The van der Waals surface area contributed by atoms with Crippen LogP contribution in [0.2, 0.25) is 0 Å². The SMILES string of the molecule is Cc1cc(Br)cnc1N1CCCC(CN)C1. The quantitative estimate of drug-likeness (QED) is 0.906. The van der Waals surface area contributed by atoms with Gasteiger partial charge in [-0.25, -0.2) is 4.98 Å². The second-order valence-corrected chi connectivity index (χ2v) is 5.40. The molecule has 0 saturated carbocycles. The lowest BCUT2D eigenvalue weighted by atomic mass is 9.98. The van der Waals surface area contributed by atoms with Gasteiger partial charge in [0.1, 0.15) is 5.82 Å². The van der Waals surface area contributed by atoms with Crippen molar-refractivity contribution in [1.82, 2.24) is 4.98 Å². The summed E-state index contributed by atoms with van der Waals surface area (Å²) in [5.74, 6) is 1.74. The highest BCUT2D eigenvalue weighted by atomic mass is 79.9. The fourth-order valence-electron chi connectivity index (χ4n) is 2.31. The molecule has 0 amide bonds. The van der Waals surface area contributed by atoms with Gasteiger partial charge in [0.05, 0.1) is 0 Å². The lowest BCUT2D eigenvalue weighted by Crippen LogP contribution is -2.39. The minimum absolute atomic E-state index is 0.624. The molecule has 0 aromatic carbocycles. The van der Waals surface area contributed by atoms with Crippen LogP contribution in [0.15, 0.2) is 16.7 Å². The Morgan fingerprint density at radius 2 is 2.44 bits per heavy atom. The van der Waals surface area contributed by atoms with Gasteiger partial charge in [-0.3, -0.25) is 0 Å². The van der Waals surface area contributed by atoms with Crippen LogP contribution in [0, 0.1) is 12.8 Å². The minimum Gasteiger partial charge on any atom is -0.356 e. The topological polar surface area (TPSA) is 42.2 Å². The maximum atomic E-state index is 5.75. The Balaban J connectivity index is 2.16. The molecule has 2 N–H and O–H groups in total. The van der Waals surface area contributed by atoms with Crippen molar-refractivity contribution < 1.29 is 0 Å². The first-order valence-electron chi connectivity index (χ1n) is 5.78. The summed E-state index contributed by atoms with van der Waals surface area (Å²) in [5, 5.41) is 0. The van der Waals surface area contributed by atoms with E-state index in [2.05, 4.69) is 38.8 Å². The molecule has 88 valence electrons. The van der Waals surface area contributed by atoms with Gasteiger partial charge in [-0.15, -0.1) is 0 Å². The third-order valence-corrected chi connectivity index (χ3v) is 3.60. The first kappa shape index (κ1) is 11.9. The summed E-state index contributed by atoms with van der Waals surface area (Å²) in [6.07, 6.45) is 4.34. The van der Waals surface area contributed by atoms with Gasteiger partial charge in [-0.1, -0.05) is 0 Å². The lowest BCUT2D eigenvalue weighted by Gasteiger charge is -2.33. The molecule has 1 fully saturated rings. The average Bonchev–Trinajstić information content (AvgIpc) is 2.29. The van der Waals surface area contributed by atoms with Crippen molar-refractivity contribution >= 4 is 21.7 Å². The molecule has 16 heavy (non-hydrogen) atoms. The van der Waals surface area contributed by atoms with Gasteiger partial charge in [0, 0.05) is 23.8 Å². The zero-order valence-electron chi connectivity index (χ0n) is 9.62. The van der Waals surface area contributed by atoms with E-state index in [0.717, 1.165) is 29.9 Å². The van der Waals surface area contributed by atoms with Gasteiger partial charge < -0.3 is 10.6 Å². The van der Waals surface area contributed by atoms with E-state index in [1.54, 1.807) is 0 Å². The fraction of sp³-hybridized carbons (Fsp3) is 0.583. The molecule has 0 aliphatic carbocycles. The highest BCUT2D eigenvalue weighted by molar-refractivity contribution is 9.10. The molecule has 0 bridgehead atoms. The van der Waals surface area contributed by atoms with E-state index in [0.29, 0.717) is 5.92 Å². The number of aromatic nitrogens is 1. The van der Waals surface area contributed by atoms with Gasteiger partial charge >= 0.3 is 0 Å². The minimum atomic E-state index is 0.624. The Bertz CT molecular complexity index is 367. The van der Waals surface area contributed by atoms with Crippen LogP contribution >= 0.6 is 15.9 Å². The second-order valence-electron chi connectivity index (χ2n) is 4.48. The van der Waals surface area contributed by atoms with Crippen molar-refractivity contribution in [1.29, 1.82) is 0 Å². The van der Waals surface area contributed by atoms with Crippen LogP contribution in [0.5, 0.6) is 0 Å². The van der Waals surface area contributed by atoms with Crippen molar-refractivity contribution in [2.75, 3.05) is 24.5 Å². The zero-order chi connectivity index (χ0) is 11.5. The fourth-order valence-corrected chi connectivity index (χ4v) is 2.76. The molecular weight excluding hydrogens is 266 g/mol. The third-order valence-electron chi connectivity index (χ3n) is 3.17. The van der Waals surface area contributed by atoms with Crippen LogP contribution in [0.4, 0.5) is 5.82 Å². The molecule has 1 aliphatic rings. The number of piperidine rings is 1. The highest BCUT2D eigenvalue weighted by Crippen LogP contribution is 2.25. The van der Waals surface area contributed by atoms with E-state index in [4.69, 9.17) is 5.73 Å². The van der Waals surface area contributed by atoms with E-state index in [1.807, 2.05) is 6.20 Å². The molecule has 1 atom stereocenters. The molecule has 2 rings (SSSR count). The van der Waals surface area contributed by atoms with E-state index >= 15 is 0 Å². The molecule has 1 saturated heterocycles. The first-order valence-corrected chi connectivity index (χ1v) is 6.57. The van der Waals surface area contributed by atoms with Gasteiger partial charge in [0.2, 0.25) is 0 Å². The van der Waals surface area contributed by atoms with Gasteiger partial charge in [-0.05, 0) is 59.8 Å². The van der Waals surface area contributed by atoms with Crippen molar-refractivity contribution in [3.8, 4) is 0 Å². The van der Waals surface area contributed by atoms with Gasteiger partial charge in [0.25, 0.3) is 0 Å². The highest BCUT2D eigenvalue weighted by Gasteiger charge is 2.20. The number of pyridine rings is 1. The van der Waals surface area contributed by atoms with Crippen molar-refractivity contribution in [3.63, 3.8) is 0 Å². The van der Waals surface area contributed by atoms with Crippen LogP contribution in [-0.2, 0) is 0 Å². The largest absolute Gasteiger partial charge is 0.356 e. The van der Waals surface area contributed by atoms with Gasteiger partial charge in [-0.2, -0.15) is 0 Å². The molecule has 1 aromatic heterocycles. The van der Waals surface area contributed by atoms with E-state index < -0.39 is 0 Å². The first-order chi connectivity index (χ1) is 7.70. The predicted octanol–water partition coefficient (Wildman–Crippen LogP) is 2.33. The van der Waals surface area contributed by atoms with Crippen LogP contribution < -0.4 is 10.6 Å². The summed E-state index contributed by atoms with van der Waals surface area (Å²) in [4.78, 5) is 6.87. The molecule has 2 heterocycles. The number of rotatable bonds is 2. The monoisotopic (exact) mass is 283 g/mol. The molecule has 3 nitrogen and oxygen atoms in total. The predicted molar refractivity (Wildman–Crippen MR) is 70.7 cm³/mol. The standard InChI is InChI=1S/C12H18BrN3/c1-9-5-11(13)7-15-12(9)16-4-2-3-10(6-14)8-16/h5,7,10H,2-4,6,8,14H2,1H3. The second kappa shape index (κ2) is 5.15. The summed E-state index contributed by atoms with van der Waals surface area (Å²) in [6, 6.07) is 2.12. The smallest absolute Gasteiger partial charge is 0.131 e. The number of hydrogen-bond donors (Lipinski definition) is 1. The Morgan fingerprint density at radius 1 is 1.62 bits per heavy atom. The molecule has 4 heteroatoms. The number of anilines is 1. The maximum Gasteiger partial charge on any atom is 0.131 e. The normalized spacial score (nSPS) is 21.2. The number of nitrogens with two attached hydrogens (primary N) is 1. The maximum absolute atomic E-state index is 5.75. The Kier molecular flexibility index (Phi) is 3.82. The van der Waals surface area contributed by atoms with Crippen LogP contribution in [0.3, 0.4) is 0 Å². The summed E-state index contributed by atoms with van der Waals surface area (Å²) < 4.78 is 1.04. The Labute approximate surface area is 105 Å². The molecule has 1 aliphatic heterocycles. The molecule has 1 aromatic rings. The van der Waals surface area contributed by atoms with Gasteiger partial charge in [0.15, 0.2) is 0 Å². The van der Waals surface area contributed by atoms with Crippen LogP contribution in [-0.4, -0.2) is 24.6 Å². The number of aryl methyl sites for hydroxylation is 1. The molecule has 0 radical (unpaired) electrons. The van der Waals surface area contributed by atoms with E-state index in [9.17, 15) is 0 Å². The summed E-state index contributed by atoms with van der Waals surface area (Å²) in [7, 11) is 0. The molecule has 0 spiro atoms. The number of hydrogen-bond acceptors (Lipinski definition) is 3. The Morgan fingerprint density at radius 3 is 3.12 bits per heavy atom. The molecule has 1 unspecified atom stereocenters. The van der Waals surface area contributed by atoms with Crippen molar-refractivity contribution in [3.05, 3.63) is 22.3 Å². The average molecular weight is 284 g/mol. The van der Waals surface area contributed by atoms with E-state index in [-0.39, 0.29) is 0 Å². The van der Waals surface area contributed by atoms with Crippen molar-refractivity contribution in [2.45, 2.75) is 19.8 Å². The van der Waals surface area contributed by atoms with E-state index in [1.165, 1.54) is 18.4 Å². The van der Waals surface area contributed by atoms with Crippen molar-refractivity contribution in [2.24, 2.45) is 11.7 Å². The Hall–Kier alpha value is -0.610. The molecular formula is C12H18BrN3. The van der Waals surface area contributed by atoms with Crippen LogP contribution in [0.25, 0.3) is 0 Å². The summed E-state index contributed by atoms with van der Waals surface area (Å²) in [5.41, 5.74) is 6.98. The third kappa shape index (κ3) is 2.55. The summed E-state index contributed by atoms with van der Waals surface area (Å²) >= 11 is 3.44. The summed E-state index contributed by atoms with van der Waals surface area (Å²) in [6.45, 7) is 5.04. The lowest BCUT2D eigenvalue weighted by molar-refractivity contribution is 0.421.